The van der Waals surface area contributed by atoms with Gasteiger partial charge in [-0.15, -0.1) is 0 Å². The molecule has 0 spiro atoms. The van der Waals surface area contributed by atoms with Gasteiger partial charge in [-0.05, 0) is 18.1 Å². The van der Waals surface area contributed by atoms with E-state index in [1.165, 1.54) is 0 Å². The van der Waals surface area contributed by atoms with Crippen LogP contribution in [0.5, 0.6) is 0 Å². The highest BCUT2D eigenvalue weighted by atomic mass is 35.5. The summed E-state index contributed by atoms with van der Waals surface area (Å²) in [7, 11) is 0. The largest absolute Gasteiger partial charge is 0.395 e. The summed E-state index contributed by atoms with van der Waals surface area (Å²) < 4.78 is 0. The van der Waals surface area contributed by atoms with Crippen molar-refractivity contribution in [1.29, 1.82) is 0 Å². The van der Waals surface area contributed by atoms with Gasteiger partial charge < -0.3 is 15.3 Å². The first-order chi connectivity index (χ1) is 8.69. The quantitative estimate of drug-likeness (QED) is 0.833. The molecule has 18 heavy (non-hydrogen) atoms. The minimum atomic E-state index is -0.175. The predicted octanol–water partition coefficient (Wildman–Crippen LogP) is 2.25. The number of hydrogen-bond acceptors (Lipinski definition) is 2. The summed E-state index contributed by atoms with van der Waals surface area (Å²) in [4.78, 5) is 13.5. The molecule has 100 valence electrons. The number of halogens is 1. The zero-order valence-electron chi connectivity index (χ0n) is 10.5. The molecule has 0 heterocycles. The molecule has 0 aliphatic rings. The van der Waals surface area contributed by atoms with E-state index < -0.39 is 0 Å². The Morgan fingerprint density at radius 3 is 2.72 bits per heavy atom. The predicted molar refractivity (Wildman–Crippen MR) is 72.6 cm³/mol. The van der Waals surface area contributed by atoms with Crippen LogP contribution < -0.4 is 5.32 Å². The molecule has 5 heteroatoms. The second kappa shape index (κ2) is 7.95. The van der Waals surface area contributed by atoms with Crippen molar-refractivity contribution < 1.29 is 9.90 Å². The first-order valence-electron chi connectivity index (χ1n) is 6.06. The van der Waals surface area contributed by atoms with Gasteiger partial charge in [0.1, 0.15) is 0 Å². The number of nitrogens with zero attached hydrogens (tertiary/aromatic N) is 1. The third-order valence-corrected chi connectivity index (χ3v) is 2.91. The lowest BCUT2D eigenvalue weighted by molar-refractivity contribution is 0.177. The summed E-state index contributed by atoms with van der Waals surface area (Å²) in [6.45, 7) is 3.34. The maximum Gasteiger partial charge on any atom is 0.317 e. The Morgan fingerprint density at radius 2 is 2.11 bits per heavy atom. The van der Waals surface area contributed by atoms with E-state index in [4.69, 9.17) is 16.7 Å². The molecule has 0 bridgehead atoms. The van der Waals surface area contributed by atoms with Crippen LogP contribution in [0.25, 0.3) is 0 Å². The van der Waals surface area contributed by atoms with E-state index in [2.05, 4.69) is 5.32 Å². The Labute approximate surface area is 113 Å². The van der Waals surface area contributed by atoms with Crippen molar-refractivity contribution in [3.8, 4) is 0 Å². The van der Waals surface area contributed by atoms with Crippen molar-refractivity contribution in [2.24, 2.45) is 0 Å². The fourth-order valence-electron chi connectivity index (χ4n) is 1.63. The van der Waals surface area contributed by atoms with Gasteiger partial charge >= 0.3 is 6.03 Å². The van der Waals surface area contributed by atoms with Crippen LogP contribution in [0.4, 0.5) is 4.79 Å². The molecule has 2 amide bonds. The van der Waals surface area contributed by atoms with E-state index in [9.17, 15) is 4.79 Å². The number of benzene rings is 1. The molecule has 0 radical (unpaired) electrons. The summed E-state index contributed by atoms with van der Waals surface area (Å²) in [5, 5.41) is 12.3. The molecular formula is C13H19ClN2O2. The molecule has 0 aliphatic carbocycles. The molecule has 0 atom stereocenters. The van der Waals surface area contributed by atoms with Gasteiger partial charge in [-0.2, -0.15) is 0 Å². The number of rotatable bonds is 6. The smallest absolute Gasteiger partial charge is 0.317 e. The standard InChI is InChI=1S/C13H19ClN2O2/c1-2-7-16(8-9-17)13(18)15-10-11-5-3-4-6-12(11)14/h3-6,17H,2,7-10H2,1H3,(H,15,18). The van der Waals surface area contributed by atoms with Crippen molar-refractivity contribution in [2.45, 2.75) is 19.9 Å². The topological polar surface area (TPSA) is 52.6 Å². The Balaban J connectivity index is 2.51. The Morgan fingerprint density at radius 1 is 1.39 bits per heavy atom. The Kier molecular flexibility index (Phi) is 6.54. The number of nitrogens with one attached hydrogen (secondary N) is 1. The van der Waals surface area contributed by atoms with Crippen LogP contribution in [0.1, 0.15) is 18.9 Å². The highest BCUT2D eigenvalue weighted by Gasteiger charge is 2.11. The molecular weight excluding hydrogens is 252 g/mol. The number of carbonyl (C=O) groups excluding carboxylic acids is 1. The summed E-state index contributed by atoms with van der Waals surface area (Å²) in [5.41, 5.74) is 0.882. The average molecular weight is 271 g/mol. The van der Waals surface area contributed by atoms with Crippen LogP contribution in [0.3, 0.4) is 0 Å². The first kappa shape index (κ1) is 14.8. The van der Waals surface area contributed by atoms with Gasteiger partial charge in [-0.3, -0.25) is 0 Å². The number of aliphatic hydroxyl groups excluding tert-OH is 1. The lowest BCUT2D eigenvalue weighted by atomic mass is 10.2. The van der Waals surface area contributed by atoms with Crippen LogP contribution in [-0.4, -0.2) is 35.7 Å². The van der Waals surface area contributed by atoms with Crippen molar-refractivity contribution in [3.63, 3.8) is 0 Å². The van der Waals surface area contributed by atoms with Crippen molar-refractivity contribution in [3.05, 3.63) is 34.9 Å². The average Bonchev–Trinajstić information content (AvgIpc) is 2.37. The fraction of sp³-hybridized carbons (Fsp3) is 0.462. The highest BCUT2D eigenvalue weighted by Crippen LogP contribution is 2.14. The zero-order chi connectivity index (χ0) is 13.4. The van der Waals surface area contributed by atoms with E-state index in [0.29, 0.717) is 24.7 Å². The molecule has 1 aromatic rings. The highest BCUT2D eigenvalue weighted by molar-refractivity contribution is 6.31. The van der Waals surface area contributed by atoms with Crippen LogP contribution in [0, 0.1) is 0 Å². The van der Waals surface area contributed by atoms with Gasteiger partial charge in [-0.1, -0.05) is 36.7 Å². The van der Waals surface area contributed by atoms with E-state index in [-0.39, 0.29) is 12.6 Å². The second-order valence-corrected chi connectivity index (χ2v) is 4.37. The number of carbonyl (C=O) groups is 1. The SMILES string of the molecule is CCCN(CCO)C(=O)NCc1ccccc1Cl. The Hall–Kier alpha value is -1.26. The van der Waals surface area contributed by atoms with Crippen LogP contribution in [0.15, 0.2) is 24.3 Å². The van der Waals surface area contributed by atoms with Gasteiger partial charge in [0, 0.05) is 24.7 Å². The van der Waals surface area contributed by atoms with E-state index in [1.807, 2.05) is 25.1 Å². The molecule has 2 N–H and O–H groups in total. The zero-order valence-corrected chi connectivity index (χ0v) is 11.3. The van der Waals surface area contributed by atoms with Crippen molar-refractivity contribution >= 4 is 17.6 Å². The monoisotopic (exact) mass is 270 g/mol. The molecule has 0 saturated carbocycles. The van der Waals surface area contributed by atoms with Gasteiger partial charge in [0.15, 0.2) is 0 Å². The lowest BCUT2D eigenvalue weighted by Gasteiger charge is -2.21. The summed E-state index contributed by atoms with van der Waals surface area (Å²) >= 11 is 6.00. The molecule has 0 unspecified atom stereocenters. The molecule has 0 fully saturated rings. The minimum absolute atomic E-state index is 0.0283. The molecule has 4 nitrogen and oxygen atoms in total. The third-order valence-electron chi connectivity index (χ3n) is 2.54. The maximum atomic E-state index is 11.9. The molecule has 1 rings (SSSR count). The van der Waals surface area contributed by atoms with Gasteiger partial charge in [0.2, 0.25) is 0 Å². The summed E-state index contributed by atoms with van der Waals surface area (Å²) in [5.74, 6) is 0. The number of urea groups is 1. The normalized spacial score (nSPS) is 10.2. The summed E-state index contributed by atoms with van der Waals surface area (Å²) in [6, 6.07) is 7.22. The van der Waals surface area contributed by atoms with Gasteiger partial charge in [0.25, 0.3) is 0 Å². The summed E-state index contributed by atoms with van der Waals surface area (Å²) in [6.07, 6.45) is 0.861. The number of amides is 2. The van der Waals surface area contributed by atoms with E-state index in [1.54, 1.807) is 11.0 Å². The number of aliphatic hydroxyl groups is 1. The minimum Gasteiger partial charge on any atom is -0.395 e. The van der Waals surface area contributed by atoms with Crippen LogP contribution >= 0.6 is 11.6 Å². The maximum absolute atomic E-state index is 11.9. The van der Waals surface area contributed by atoms with E-state index in [0.717, 1.165) is 12.0 Å². The molecule has 0 aliphatic heterocycles. The first-order valence-corrected chi connectivity index (χ1v) is 6.43. The van der Waals surface area contributed by atoms with Crippen molar-refractivity contribution in [1.82, 2.24) is 10.2 Å². The van der Waals surface area contributed by atoms with Crippen LogP contribution in [-0.2, 0) is 6.54 Å². The Bertz CT molecular complexity index is 379. The van der Waals surface area contributed by atoms with Crippen molar-refractivity contribution in [2.75, 3.05) is 19.7 Å². The third kappa shape index (κ3) is 4.55. The van der Waals surface area contributed by atoms with Gasteiger partial charge in [-0.25, -0.2) is 4.79 Å². The van der Waals surface area contributed by atoms with E-state index >= 15 is 0 Å². The fourth-order valence-corrected chi connectivity index (χ4v) is 1.83. The molecule has 0 aromatic heterocycles. The van der Waals surface area contributed by atoms with Crippen LogP contribution in [0.2, 0.25) is 5.02 Å². The lowest BCUT2D eigenvalue weighted by Crippen LogP contribution is -2.41. The second-order valence-electron chi connectivity index (χ2n) is 3.96. The molecule has 0 saturated heterocycles. The van der Waals surface area contributed by atoms with Gasteiger partial charge in [0.05, 0.1) is 6.61 Å². The number of hydrogen-bond donors (Lipinski definition) is 2. The molecule has 1 aromatic carbocycles.